The van der Waals surface area contributed by atoms with Gasteiger partial charge >= 0.3 is 5.97 Å². The van der Waals surface area contributed by atoms with Crippen molar-refractivity contribution in [3.05, 3.63) is 42.2 Å². The normalized spacial score (nSPS) is 30.5. The Labute approximate surface area is 152 Å². The number of carboxylic acids is 1. The van der Waals surface area contributed by atoms with Crippen molar-refractivity contribution in [1.82, 2.24) is 4.90 Å². The van der Waals surface area contributed by atoms with Gasteiger partial charge in [0.15, 0.2) is 0 Å². The molecule has 0 unspecified atom stereocenters. The molecule has 1 saturated heterocycles. The molecule has 0 radical (unpaired) electrons. The average Bonchev–Trinajstić information content (AvgIpc) is 2.68. The van der Waals surface area contributed by atoms with Gasteiger partial charge in [-0.25, -0.2) is 4.39 Å². The fourth-order valence-electron chi connectivity index (χ4n) is 4.75. The molecular weight excluding hydrogens is 335 g/mol. The SMILES string of the molecule is O=C(O)[C@H]1[C@H](C(=O)N2CCN(c3ccccc3F)CC2)[C@H]2C=C[C@H]1CC2. The van der Waals surface area contributed by atoms with E-state index in [4.69, 9.17) is 0 Å². The molecular formula is C20H23FN2O3. The molecule has 26 heavy (non-hydrogen) atoms. The van der Waals surface area contributed by atoms with E-state index in [-0.39, 0.29) is 23.6 Å². The maximum Gasteiger partial charge on any atom is 0.307 e. The number of hydrogen-bond acceptors (Lipinski definition) is 3. The highest BCUT2D eigenvalue weighted by Crippen LogP contribution is 2.45. The first-order chi connectivity index (χ1) is 12.6. The number of halogens is 1. The van der Waals surface area contributed by atoms with Crippen molar-refractivity contribution in [2.75, 3.05) is 31.1 Å². The molecule has 2 bridgehead atoms. The minimum atomic E-state index is -0.868. The van der Waals surface area contributed by atoms with Crippen LogP contribution in [-0.4, -0.2) is 48.1 Å². The van der Waals surface area contributed by atoms with Crippen molar-refractivity contribution in [3.63, 3.8) is 0 Å². The van der Waals surface area contributed by atoms with E-state index in [1.807, 2.05) is 17.1 Å². The van der Waals surface area contributed by atoms with Gasteiger partial charge in [0.05, 0.1) is 17.5 Å². The second-order valence-electron chi connectivity index (χ2n) is 7.44. The first-order valence-corrected chi connectivity index (χ1v) is 9.25. The number of benzene rings is 1. The van der Waals surface area contributed by atoms with Crippen molar-refractivity contribution in [3.8, 4) is 0 Å². The van der Waals surface area contributed by atoms with Crippen LogP contribution in [0.15, 0.2) is 36.4 Å². The molecule has 1 aromatic rings. The number of carbonyl (C=O) groups excluding carboxylic acids is 1. The number of carboxylic acid groups (broad SMARTS) is 1. The summed E-state index contributed by atoms with van der Waals surface area (Å²) in [6.07, 6.45) is 5.75. The zero-order chi connectivity index (χ0) is 18.3. The van der Waals surface area contributed by atoms with Gasteiger partial charge in [-0.1, -0.05) is 24.3 Å². The fourth-order valence-corrected chi connectivity index (χ4v) is 4.75. The lowest BCUT2D eigenvalue weighted by Gasteiger charge is -2.45. The minimum Gasteiger partial charge on any atom is -0.481 e. The molecule has 6 heteroatoms. The Morgan fingerprint density at radius 3 is 2.15 bits per heavy atom. The van der Waals surface area contributed by atoms with E-state index in [9.17, 15) is 19.1 Å². The lowest BCUT2D eigenvalue weighted by molar-refractivity contribution is -0.156. The molecule has 5 nitrogen and oxygen atoms in total. The average molecular weight is 358 g/mol. The van der Waals surface area contributed by atoms with Crippen LogP contribution in [0.5, 0.6) is 0 Å². The molecule has 2 fully saturated rings. The van der Waals surface area contributed by atoms with Crippen LogP contribution < -0.4 is 4.90 Å². The standard InChI is InChI=1S/C20H23FN2O3/c21-15-3-1-2-4-16(15)22-9-11-23(12-10-22)19(24)17-13-5-7-14(8-6-13)18(17)20(25)26/h1-5,7,13-14,17-18H,6,8-12H2,(H,25,26)/t13-,14-,17+,18+/m0/s1. The van der Waals surface area contributed by atoms with Crippen LogP contribution in [0.1, 0.15) is 12.8 Å². The van der Waals surface area contributed by atoms with Gasteiger partial charge in [0, 0.05) is 26.2 Å². The van der Waals surface area contributed by atoms with E-state index in [2.05, 4.69) is 0 Å². The van der Waals surface area contributed by atoms with Crippen molar-refractivity contribution in [2.24, 2.45) is 23.7 Å². The summed E-state index contributed by atoms with van der Waals surface area (Å²) in [6, 6.07) is 6.66. The molecule has 1 aliphatic heterocycles. The molecule has 0 spiro atoms. The van der Waals surface area contributed by atoms with Crippen LogP contribution >= 0.6 is 0 Å². The first kappa shape index (κ1) is 17.1. The number of hydrogen-bond donors (Lipinski definition) is 1. The molecule has 1 heterocycles. The summed E-state index contributed by atoms with van der Waals surface area (Å²) in [4.78, 5) is 28.6. The highest BCUT2D eigenvalue weighted by molar-refractivity contribution is 5.86. The van der Waals surface area contributed by atoms with Gasteiger partial charge in [-0.3, -0.25) is 9.59 Å². The van der Waals surface area contributed by atoms with Crippen LogP contribution in [0, 0.1) is 29.5 Å². The summed E-state index contributed by atoms with van der Waals surface area (Å²) in [7, 11) is 0. The predicted octanol–water partition coefficient (Wildman–Crippen LogP) is 2.39. The Balaban J connectivity index is 1.46. The number of anilines is 1. The van der Waals surface area contributed by atoms with Crippen LogP contribution in [0.4, 0.5) is 10.1 Å². The van der Waals surface area contributed by atoms with Crippen LogP contribution in [0.25, 0.3) is 0 Å². The van der Waals surface area contributed by atoms with Gasteiger partial charge in [0.2, 0.25) is 5.91 Å². The van der Waals surface area contributed by atoms with Crippen molar-refractivity contribution in [2.45, 2.75) is 12.8 Å². The van der Waals surface area contributed by atoms with Crippen LogP contribution in [0.3, 0.4) is 0 Å². The molecule has 1 saturated carbocycles. The second-order valence-corrected chi connectivity index (χ2v) is 7.44. The molecule has 5 rings (SSSR count). The first-order valence-electron chi connectivity index (χ1n) is 9.25. The molecule has 4 aliphatic rings. The Morgan fingerprint density at radius 2 is 1.58 bits per heavy atom. The summed E-state index contributed by atoms with van der Waals surface area (Å²) in [5.74, 6) is -2.26. The summed E-state index contributed by atoms with van der Waals surface area (Å²) in [5.41, 5.74) is 0.558. The van der Waals surface area contributed by atoms with Gasteiger partial charge in [-0.15, -0.1) is 0 Å². The monoisotopic (exact) mass is 358 g/mol. The summed E-state index contributed by atoms with van der Waals surface area (Å²) in [6.45, 7) is 2.11. The zero-order valence-electron chi connectivity index (χ0n) is 14.6. The van der Waals surface area contributed by atoms with Gasteiger partial charge in [0.1, 0.15) is 5.82 Å². The molecule has 1 amide bonds. The van der Waals surface area contributed by atoms with E-state index in [1.165, 1.54) is 6.07 Å². The van der Waals surface area contributed by atoms with Crippen molar-refractivity contribution in [1.29, 1.82) is 0 Å². The number of amides is 1. The lowest BCUT2D eigenvalue weighted by atomic mass is 9.62. The van der Waals surface area contributed by atoms with Crippen molar-refractivity contribution >= 4 is 17.6 Å². The van der Waals surface area contributed by atoms with Crippen molar-refractivity contribution < 1.29 is 19.1 Å². The Hall–Kier alpha value is -2.37. The quantitative estimate of drug-likeness (QED) is 0.843. The topological polar surface area (TPSA) is 60.9 Å². The molecule has 4 atom stereocenters. The third kappa shape index (κ3) is 2.87. The lowest BCUT2D eigenvalue weighted by Crippen LogP contribution is -2.55. The number of carbonyl (C=O) groups is 2. The number of aliphatic carboxylic acids is 1. The maximum absolute atomic E-state index is 14.0. The third-order valence-electron chi connectivity index (χ3n) is 6.10. The molecule has 138 valence electrons. The number of rotatable bonds is 3. The highest BCUT2D eigenvalue weighted by atomic mass is 19.1. The predicted molar refractivity (Wildman–Crippen MR) is 95.2 cm³/mol. The number of nitrogens with zero attached hydrogens (tertiary/aromatic N) is 2. The van der Waals surface area contributed by atoms with Gasteiger partial charge in [0.25, 0.3) is 0 Å². The Bertz CT molecular complexity index is 742. The van der Waals surface area contributed by atoms with Crippen LogP contribution in [-0.2, 0) is 9.59 Å². The molecule has 3 aliphatic carbocycles. The number of allylic oxidation sites excluding steroid dienone is 2. The summed E-state index contributed by atoms with van der Waals surface area (Å²) >= 11 is 0. The Morgan fingerprint density at radius 1 is 0.962 bits per heavy atom. The maximum atomic E-state index is 14.0. The van der Waals surface area contributed by atoms with Gasteiger partial charge in [-0.05, 0) is 36.8 Å². The summed E-state index contributed by atoms with van der Waals surface area (Å²) in [5, 5.41) is 9.64. The van der Waals surface area contributed by atoms with Crippen LogP contribution in [0.2, 0.25) is 0 Å². The number of para-hydroxylation sites is 1. The smallest absolute Gasteiger partial charge is 0.307 e. The van der Waals surface area contributed by atoms with E-state index >= 15 is 0 Å². The van der Waals surface area contributed by atoms with Gasteiger partial charge < -0.3 is 14.9 Å². The molecule has 1 aromatic carbocycles. The summed E-state index contributed by atoms with van der Waals surface area (Å²) < 4.78 is 14.0. The zero-order valence-corrected chi connectivity index (χ0v) is 14.6. The fraction of sp³-hybridized carbons (Fsp3) is 0.500. The number of fused-ring (bicyclic) bond motifs is 2. The van der Waals surface area contributed by atoms with E-state index in [1.54, 1.807) is 23.1 Å². The number of piperazine rings is 1. The molecule has 1 N–H and O–H groups in total. The Kier molecular flexibility index (Phi) is 4.42. The van der Waals surface area contributed by atoms with Gasteiger partial charge in [-0.2, -0.15) is 0 Å². The third-order valence-corrected chi connectivity index (χ3v) is 6.10. The second kappa shape index (κ2) is 6.74. The van der Waals surface area contributed by atoms with E-state index in [0.717, 1.165) is 12.8 Å². The highest BCUT2D eigenvalue weighted by Gasteiger charge is 2.49. The minimum absolute atomic E-state index is 0.0261. The molecule has 0 aromatic heterocycles. The largest absolute Gasteiger partial charge is 0.481 e. The van der Waals surface area contributed by atoms with E-state index < -0.39 is 17.8 Å². The van der Waals surface area contributed by atoms with E-state index in [0.29, 0.717) is 31.9 Å².